The summed E-state index contributed by atoms with van der Waals surface area (Å²) in [5.41, 5.74) is 1.32. The number of nitrogens with zero attached hydrogens (tertiary/aromatic N) is 1. The van der Waals surface area contributed by atoms with Crippen LogP contribution in [0.4, 0.5) is 5.69 Å². The Kier molecular flexibility index (Phi) is 3.35. The topological polar surface area (TPSA) is 56.3 Å². The number of rotatable bonds is 2. The van der Waals surface area contributed by atoms with Crippen molar-refractivity contribution in [1.82, 2.24) is 0 Å². The van der Waals surface area contributed by atoms with Crippen molar-refractivity contribution in [3.05, 3.63) is 49.1 Å². The summed E-state index contributed by atoms with van der Waals surface area (Å²) < 4.78 is 6.49. The molecule has 0 aliphatic rings. The summed E-state index contributed by atoms with van der Waals surface area (Å²) in [5, 5.41) is 11.0. The SMILES string of the molecule is Cc1c(-c2ccco2)c(Br)cc(Br)c1[N+](=O)[O-]. The second-order valence-electron chi connectivity index (χ2n) is 3.42. The molecule has 0 aliphatic carbocycles. The highest BCUT2D eigenvalue weighted by molar-refractivity contribution is 9.11. The zero-order valence-electron chi connectivity index (χ0n) is 8.74. The maximum Gasteiger partial charge on any atom is 0.287 e. The number of nitro benzene ring substituents is 1. The highest BCUT2D eigenvalue weighted by Gasteiger charge is 2.23. The summed E-state index contributed by atoms with van der Waals surface area (Å²) in [5.74, 6) is 0.602. The van der Waals surface area contributed by atoms with Crippen LogP contribution < -0.4 is 0 Å². The van der Waals surface area contributed by atoms with Gasteiger partial charge in [-0.3, -0.25) is 10.1 Å². The highest BCUT2D eigenvalue weighted by atomic mass is 79.9. The lowest BCUT2D eigenvalue weighted by atomic mass is 10.0. The monoisotopic (exact) mass is 359 g/mol. The lowest BCUT2D eigenvalue weighted by Gasteiger charge is -2.08. The summed E-state index contributed by atoms with van der Waals surface area (Å²) in [6, 6.07) is 5.17. The molecule has 0 N–H and O–H groups in total. The molecule has 2 rings (SSSR count). The highest BCUT2D eigenvalue weighted by Crippen LogP contribution is 2.41. The molecular formula is C11H7Br2NO3. The van der Waals surface area contributed by atoms with E-state index in [4.69, 9.17) is 4.42 Å². The first-order valence-corrected chi connectivity index (χ1v) is 6.28. The summed E-state index contributed by atoms with van der Waals surface area (Å²) >= 11 is 6.58. The fourth-order valence-electron chi connectivity index (χ4n) is 1.68. The molecule has 2 aromatic rings. The maximum atomic E-state index is 11.0. The van der Waals surface area contributed by atoms with Crippen molar-refractivity contribution < 1.29 is 9.34 Å². The Balaban J connectivity index is 2.77. The number of hydrogen-bond donors (Lipinski definition) is 0. The van der Waals surface area contributed by atoms with Crippen molar-refractivity contribution in [3.8, 4) is 11.3 Å². The second-order valence-corrected chi connectivity index (χ2v) is 5.13. The Morgan fingerprint density at radius 3 is 2.59 bits per heavy atom. The van der Waals surface area contributed by atoms with Crippen LogP contribution in [0.15, 0.2) is 37.8 Å². The van der Waals surface area contributed by atoms with E-state index >= 15 is 0 Å². The van der Waals surface area contributed by atoms with E-state index in [1.165, 1.54) is 6.26 Å². The van der Waals surface area contributed by atoms with Crippen LogP contribution in [0.2, 0.25) is 0 Å². The molecule has 17 heavy (non-hydrogen) atoms. The van der Waals surface area contributed by atoms with Gasteiger partial charge in [0.05, 0.1) is 15.7 Å². The van der Waals surface area contributed by atoms with Gasteiger partial charge >= 0.3 is 0 Å². The van der Waals surface area contributed by atoms with E-state index in [-0.39, 0.29) is 5.69 Å². The molecule has 6 heteroatoms. The fourth-order valence-corrected chi connectivity index (χ4v) is 3.38. The van der Waals surface area contributed by atoms with Gasteiger partial charge in [-0.15, -0.1) is 0 Å². The van der Waals surface area contributed by atoms with Crippen LogP contribution in [-0.2, 0) is 0 Å². The zero-order chi connectivity index (χ0) is 12.6. The molecule has 0 saturated carbocycles. The van der Waals surface area contributed by atoms with Crippen molar-refractivity contribution in [1.29, 1.82) is 0 Å². The molecule has 0 atom stereocenters. The van der Waals surface area contributed by atoms with Crippen molar-refractivity contribution >= 4 is 37.5 Å². The van der Waals surface area contributed by atoms with Gasteiger partial charge in [-0.2, -0.15) is 0 Å². The number of hydrogen-bond acceptors (Lipinski definition) is 3. The third kappa shape index (κ3) is 2.14. The molecule has 0 bridgehead atoms. The molecule has 88 valence electrons. The van der Waals surface area contributed by atoms with Gasteiger partial charge < -0.3 is 4.42 Å². The summed E-state index contributed by atoms with van der Waals surface area (Å²) in [7, 11) is 0. The average molecular weight is 361 g/mol. The van der Waals surface area contributed by atoms with E-state index < -0.39 is 4.92 Å². The smallest absolute Gasteiger partial charge is 0.287 e. The molecule has 0 unspecified atom stereocenters. The molecule has 0 amide bonds. The van der Waals surface area contributed by atoms with Crippen LogP contribution >= 0.6 is 31.9 Å². The first-order valence-electron chi connectivity index (χ1n) is 4.69. The summed E-state index contributed by atoms with van der Waals surface area (Å²) in [6.45, 7) is 1.70. The Morgan fingerprint density at radius 1 is 1.35 bits per heavy atom. The third-order valence-electron chi connectivity index (χ3n) is 2.40. The zero-order valence-corrected chi connectivity index (χ0v) is 11.9. The lowest BCUT2D eigenvalue weighted by molar-refractivity contribution is -0.386. The van der Waals surface area contributed by atoms with E-state index in [2.05, 4.69) is 31.9 Å². The number of benzene rings is 1. The predicted octanol–water partition coefficient (Wildman–Crippen LogP) is 4.69. The molecule has 0 radical (unpaired) electrons. The van der Waals surface area contributed by atoms with Crippen molar-refractivity contribution in [2.24, 2.45) is 0 Å². The van der Waals surface area contributed by atoms with Crippen LogP contribution in [0.3, 0.4) is 0 Å². The van der Waals surface area contributed by atoms with Crippen LogP contribution in [0, 0.1) is 17.0 Å². The third-order valence-corrected chi connectivity index (χ3v) is 3.63. The van der Waals surface area contributed by atoms with Crippen molar-refractivity contribution in [2.75, 3.05) is 0 Å². The molecule has 4 nitrogen and oxygen atoms in total. The van der Waals surface area contributed by atoms with Crippen LogP contribution in [0.5, 0.6) is 0 Å². The van der Waals surface area contributed by atoms with Crippen molar-refractivity contribution in [2.45, 2.75) is 6.92 Å². The molecule has 0 fully saturated rings. The second kappa shape index (κ2) is 4.62. The molecule has 1 heterocycles. The quantitative estimate of drug-likeness (QED) is 0.576. The van der Waals surface area contributed by atoms with Gasteiger partial charge in [0.15, 0.2) is 0 Å². The number of furan rings is 1. The van der Waals surface area contributed by atoms with Gasteiger partial charge in [0, 0.05) is 15.6 Å². The minimum absolute atomic E-state index is 0.0552. The molecule has 0 aliphatic heterocycles. The van der Waals surface area contributed by atoms with E-state index in [1.54, 1.807) is 25.1 Å². The largest absolute Gasteiger partial charge is 0.464 e. The van der Waals surface area contributed by atoms with Crippen LogP contribution in [-0.4, -0.2) is 4.92 Å². The molecule has 1 aromatic heterocycles. The van der Waals surface area contributed by atoms with Gasteiger partial charge in [-0.25, -0.2) is 0 Å². The van der Waals surface area contributed by atoms with E-state index in [0.29, 0.717) is 21.4 Å². The standard InChI is InChI=1S/C11H7Br2NO3/c1-6-10(9-3-2-4-17-9)7(12)5-8(13)11(6)14(15)16/h2-5H,1H3. The Morgan fingerprint density at radius 2 is 2.06 bits per heavy atom. The first kappa shape index (κ1) is 12.3. The van der Waals surface area contributed by atoms with Crippen molar-refractivity contribution in [3.63, 3.8) is 0 Å². The minimum Gasteiger partial charge on any atom is -0.464 e. The Labute approximate surface area is 114 Å². The number of nitro groups is 1. The van der Waals surface area contributed by atoms with Gasteiger partial charge in [-0.1, -0.05) is 0 Å². The van der Waals surface area contributed by atoms with Gasteiger partial charge in [0.2, 0.25) is 0 Å². The van der Waals surface area contributed by atoms with Crippen LogP contribution in [0.1, 0.15) is 5.56 Å². The van der Waals surface area contributed by atoms with Crippen LogP contribution in [0.25, 0.3) is 11.3 Å². The fraction of sp³-hybridized carbons (Fsp3) is 0.0909. The van der Waals surface area contributed by atoms with Gasteiger partial charge in [0.25, 0.3) is 5.69 Å². The Bertz CT molecular complexity index is 579. The molecular weight excluding hydrogens is 354 g/mol. The molecule has 0 saturated heterocycles. The number of halogens is 2. The summed E-state index contributed by atoms with van der Waals surface area (Å²) in [4.78, 5) is 10.6. The Hall–Kier alpha value is -1.14. The molecule has 1 aromatic carbocycles. The van der Waals surface area contributed by atoms with Gasteiger partial charge in [0.1, 0.15) is 5.76 Å². The van der Waals surface area contributed by atoms with Gasteiger partial charge in [-0.05, 0) is 57.0 Å². The maximum absolute atomic E-state index is 11.0. The van der Waals surface area contributed by atoms with E-state index in [9.17, 15) is 10.1 Å². The molecule has 0 spiro atoms. The lowest BCUT2D eigenvalue weighted by Crippen LogP contribution is -1.96. The van der Waals surface area contributed by atoms with E-state index in [0.717, 1.165) is 4.47 Å². The summed E-state index contributed by atoms with van der Waals surface area (Å²) in [6.07, 6.45) is 1.54. The normalized spacial score (nSPS) is 10.5. The first-order chi connectivity index (χ1) is 8.02. The minimum atomic E-state index is -0.404. The average Bonchev–Trinajstić information content (AvgIpc) is 2.69. The predicted molar refractivity (Wildman–Crippen MR) is 70.9 cm³/mol. The van der Waals surface area contributed by atoms with E-state index in [1.807, 2.05) is 0 Å².